The van der Waals surface area contributed by atoms with Gasteiger partial charge in [-0.1, -0.05) is 17.7 Å². The Morgan fingerprint density at radius 2 is 1.62 bits per heavy atom. The topological polar surface area (TPSA) is 30.9 Å². The van der Waals surface area contributed by atoms with Gasteiger partial charge in [0.1, 0.15) is 0 Å². The molecule has 0 atom stereocenters. The van der Waals surface area contributed by atoms with E-state index in [-0.39, 0.29) is 18.3 Å². The van der Waals surface area contributed by atoms with Crippen molar-refractivity contribution in [3.8, 4) is 0 Å². The number of anilines is 1. The van der Waals surface area contributed by atoms with Crippen LogP contribution in [0.3, 0.4) is 0 Å². The van der Waals surface area contributed by atoms with Crippen LogP contribution in [0.2, 0.25) is 5.02 Å². The molecule has 3 rings (SSSR count). The van der Waals surface area contributed by atoms with E-state index in [2.05, 4.69) is 32.6 Å². The third-order valence-corrected chi connectivity index (χ3v) is 5.20. The van der Waals surface area contributed by atoms with E-state index in [0.29, 0.717) is 11.6 Å². The van der Waals surface area contributed by atoms with Crippen LogP contribution in [0.5, 0.6) is 0 Å². The zero-order chi connectivity index (χ0) is 17.5. The van der Waals surface area contributed by atoms with Crippen LogP contribution in [-0.4, -0.2) is 32.0 Å². The summed E-state index contributed by atoms with van der Waals surface area (Å²) in [5.74, 6) is 0.776. The van der Waals surface area contributed by atoms with E-state index in [0.717, 1.165) is 17.0 Å². The van der Waals surface area contributed by atoms with Gasteiger partial charge >= 0.3 is 7.12 Å². The van der Waals surface area contributed by atoms with Gasteiger partial charge in [0.2, 0.25) is 0 Å². The molecule has 2 aliphatic heterocycles. The Hall–Kier alpha value is -1.43. The molecule has 6 heteroatoms. The number of ether oxygens (including phenoxy) is 1. The molecule has 0 saturated carbocycles. The number of halogens is 1. The number of allylic oxidation sites excluding steroid dienone is 2. The average Bonchev–Trinajstić information content (AvgIpc) is 2.75. The Kier molecular flexibility index (Phi) is 4.45. The highest BCUT2D eigenvalue weighted by molar-refractivity contribution is 6.55. The lowest BCUT2D eigenvalue weighted by Crippen LogP contribution is -2.41. The lowest BCUT2D eigenvalue weighted by Gasteiger charge is -2.32. The van der Waals surface area contributed by atoms with Crippen LogP contribution in [0.15, 0.2) is 47.8 Å². The van der Waals surface area contributed by atoms with Gasteiger partial charge in [-0.3, -0.25) is 0 Å². The van der Waals surface area contributed by atoms with Crippen molar-refractivity contribution in [2.24, 2.45) is 0 Å². The number of hydrogen-bond donors (Lipinski definition) is 0. The van der Waals surface area contributed by atoms with Crippen molar-refractivity contribution < 1.29 is 14.0 Å². The molecule has 2 aliphatic rings. The number of benzene rings is 1. The quantitative estimate of drug-likeness (QED) is 0.767. The van der Waals surface area contributed by atoms with Crippen LogP contribution in [0.25, 0.3) is 0 Å². The number of rotatable bonds is 3. The Bertz CT molecular complexity index is 666. The van der Waals surface area contributed by atoms with Gasteiger partial charge in [-0.15, -0.1) is 0 Å². The van der Waals surface area contributed by atoms with Crippen LogP contribution >= 0.6 is 11.6 Å². The fraction of sp³-hybridized carbons (Fsp3) is 0.444. The third-order valence-electron chi connectivity index (χ3n) is 4.95. The fourth-order valence-corrected chi connectivity index (χ4v) is 2.87. The summed E-state index contributed by atoms with van der Waals surface area (Å²) < 4.78 is 17.8. The molecule has 0 N–H and O–H groups in total. The van der Waals surface area contributed by atoms with Crippen molar-refractivity contribution in [3.05, 3.63) is 52.8 Å². The molecule has 24 heavy (non-hydrogen) atoms. The first kappa shape index (κ1) is 17.4. The third kappa shape index (κ3) is 3.08. The lowest BCUT2D eigenvalue weighted by molar-refractivity contribution is 0.00578. The SMILES string of the molecule is COC1=CC=C(B2OC(C)(C)C(C)(C)O2)CN1c1ccc(Cl)cc1. The van der Waals surface area contributed by atoms with E-state index in [1.54, 1.807) is 7.11 Å². The van der Waals surface area contributed by atoms with E-state index in [4.69, 9.17) is 25.6 Å². The zero-order valence-corrected chi connectivity index (χ0v) is 15.6. The van der Waals surface area contributed by atoms with Crippen molar-refractivity contribution in [2.75, 3.05) is 18.6 Å². The van der Waals surface area contributed by atoms with E-state index in [1.807, 2.05) is 36.4 Å². The number of methoxy groups -OCH3 is 1. The summed E-state index contributed by atoms with van der Waals surface area (Å²) in [5, 5.41) is 0.709. The normalized spacial score (nSPS) is 22.2. The smallest absolute Gasteiger partial charge is 0.482 e. The summed E-state index contributed by atoms with van der Waals surface area (Å²) in [7, 11) is 1.31. The molecule has 0 radical (unpaired) electrons. The van der Waals surface area contributed by atoms with E-state index < -0.39 is 0 Å². The van der Waals surface area contributed by atoms with Gasteiger partial charge in [0.05, 0.1) is 18.3 Å². The standard InChI is InChI=1S/C18H23BClNO3/c1-17(2)18(3,4)24-19(23-17)13-6-11-16(22-5)21(12-13)15-9-7-14(20)8-10-15/h6-11H,12H2,1-5H3. The van der Waals surface area contributed by atoms with Crippen molar-refractivity contribution in [2.45, 2.75) is 38.9 Å². The molecule has 0 amide bonds. The van der Waals surface area contributed by atoms with Crippen LogP contribution in [0.1, 0.15) is 27.7 Å². The molecule has 1 aromatic carbocycles. The highest BCUT2D eigenvalue weighted by atomic mass is 35.5. The van der Waals surface area contributed by atoms with Crippen molar-refractivity contribution in [3.63, 3.8) is 0 Å². The molecular weight excluding hydrogens is 324 g/mol. The second kappa shape index (κ2) is 6.14. The Labute approximate surface area is 149 Å². The largest absolute Gasteiger partial charge is 0.492 e. The fourth-order valence-electron chi connectivity index (χ4n) is 2.75. The van der Waals surface area contributed by atoms with Gasteiger partial charge in [0, 0.05) is 17.3 Å². The minimum atomic E-state index is -0.362. The van der Waals surface area contributed by atoms with E-state index in [1.165, 1.54) is 0 Å². The van der Waals surface area contributed by atoms with Gasteiger partial charge in [-0.05, 0) is 63.5 Å². The molecule has 1 saturated heterocycles. The van der Waals surface area contributed by atoms with Gasteiger partial charge in [0.25, 0.3) is 0 Å². The average molecular weight is 348 g/mol. The van der Waals surface area contributed by atoms with Crippen LogP contribution < -0.4 is 4.90 Å². The summed E-state index contributed by atoms with van der Waals surface area (Å²) in [4.78, 5) is 2.08. The minimum absolute atomic E-state index is 0.352. The molecule has 0 spiro atoms. The molecular formula is C18H23BClNO3. The summed E-state index contributed by atoms with van der Waals surface area (Å²) >= 11 is 6.00. The number of hydrogen-bond acceptors (Lipinski definition) is 4. The minimum Gasteiger partial charge on any atom is -0.482 e. The van der Waals surface area contributed by atoms with E-state index in [9.17, 15) is 0 Å². The van der Waals surface area contributed by atoms with Crippen molar-refractivity contribution >= 4 is 24.4 Å². The molecule has 0 aliphatic carbocycles. The summed E-state index contributed by atoms with van der Waals surface area (Å²) in [5.41, 5.74) is 1.36. The highest BCUT2D eigenvalue weighted by Crippen LogP contribution is 2.39. The molecule has 0 aromatic heterocycles. The second-order valence-electron chi connectivity index (χ2n) is 7.10. The Balaban J connectivity index is 1.86. The predicted octanol–water partition coefficient (Wildman–Crippen LogP) is 4.21. The van der Waals surface area contributed by atoms with Crippen LogP contribution in [0, 0.1) is 0 Å². The molecule has 0 unspecified atom stereocenters. The molecule has 128 valence electrons. The lowest BCUT2D eigenvalue weighted by atomic mass is 9.76. The maximum Gasteiger partial charge on any atom is 0.492 e. The summed E-state index contributed by atoms with van der Waals surface area (Å²) in [6.07, 6.45) is 3.96. The molecule has 1 fully saturated rings. The molecule has 4 nitrogen and oxygen atoms in total. The highest BCUT2D eigenvalue weighted by Gasteiger charge is 2.52. The van der Waals surface area contributed by atoms with Gasteiger partial charge in [-0.2, -0.15) is 0 Å². The first-order valence-corrected chi connectivity index (χ1v) is 8.45. The Morgan fingerprint density at radius 1 is 1.04 bits per heavy atom. The van der Waals surface area contributed by atoms with E-state index >= 15 is 0 Å². The number of nitrogens with zero attached hydrogens (tertiary/aromatic N) is 1. The Morgan fingerprint density at radius 3 is 2.17 bits per heavy atom. The monoisotopic (exact) mass is 347 g/mol. The van der Waals surface area contributed by atoms with Gasteiger partial charge in [-0.25, -0.2) is 0 Å². The molecule has 1 aromatic rings. The second-order valence-corrected chi connectivity index (χ2v) is 7.54. The zero-order valence-electron chi connectivity index (χ0n) is 14.8. The summed E-state index contributed by atoms with van der Waals surface area (Å²) in [6, 6.07) is 7.69. The molecule has 2 heterocycles. The maximum atomic E-state index is 6.17. The van der Waals surface area contributed by atoms with Crippen LogP contribution in [0.4, 0.5) is 5.69 Å². The molecule has 0 bridgehead atoms. The van der Waals surface area contributed by atoms with Gasteiger partial charge in [0.15, 0.2) is 5.88 Å². The van der Waals surface area contributed by atoms with Gasteiger partial charge < -0.3 is 18.9 Å². The van der Waals surface area contributed by atoms with Crippen LogP contribution in [-0.2, 0) is 14.0 Å². The first-order chi connectivity index (χ1) is 11.2. The summed E-state index contributed by atoms with van der Waals surface area (Å²) in [6.45, 7) is 8.87. The first-order valence-electron chi connectivity index (χ1n) is 8.07. The maximum absolute atomic E-state index is 6.17. The van der Waals surface area contributed by atoms with Crippen molar-refractivity contribution in [1.29, 1.82) is 0 Å². The predicted molar refractivity (Wildman–Crippen MR) is 98.1 cm³/mol. The van der Waals surface area contributed by atoms with Crippen molar-refractivity contribution in [1.82, 2.24) is 0 Å².